The molecule has 2 amide bonds. The van der Waals surface area contributed by atoms with Crippen molar-refractivity contribution >= 4 is 11.8 Å². The Labute approximate surface area is 140 Å². The summed E-state index contributed by atoms with van der Waals surface area (Å²) in [5.41, 5.74) is 0. The van der Waals surface area contributed by atoms with Crippen LogP contribution in [-0.2, 0) is 9.59 Å². The van der Waals surface area contributed by atoms with Gasteiger partial charge in [0.25, 0.3) is 0 Å². The lowest BCUT2D eigenvalue weighted by Gasteiger charge is -2.33. The zero-order valence-corrected chi connectivity index (χ0v) is 14.6. The molecule has 23 heavy (non-hydrogen) atoms. The molecule has 0 spiro atoms. The van der Waals surface area contributed by atoms with Crippen LogP contribution < -0.4 is 10.6 Å². The van der Waals surface area contributed by atoms with Gasteiger partial charge in [0.05, 0.1) is 13.1 Å². The Morgan fingerprint density at radius 3 is 2.48 bits per heavy atom. The third-order valence-corrected chi connectivity index (χ3v) is 4.72. The highest BCUT2D eigenvalue weighted by atomic mass is 16.2. The van der Waals surface area contributed by atoms with Gasteiger partial charge in [-0.15, -0.1) is 0 Å². The maximum Gasteiger partial charge on any atom is 0.239 e. The predicted octanol–water partition coefficient (Wildman–Crippen LogP) is 0.435. The molecule has 0 aromatic rings. The summed E-state index contributed by atoms with van der Waals surface area (Å²) < 4.78 is 0. The van der Waals surface area contributed by atoms with Crippen LogP contribution in [-0.4, -0.2) is 74.0 Å². The van der Waals surface area contributed by atoms with Gasteiger partial charge in [0.2, 0.25) is 11.8 Å². The van der Waals surface area contributed by atoms with Crippen LogP contribution >= 0.6 is 0 Å². The van der Waals surface area contributed by atoms with Crippen LogP contribution in [0.1, 0.15) is 39.0 Å². The second-order valence-electron chi connectivity index (χ2n) is 7.00. The van der Waals surface area contributed by atoms with E-state index in [1.807, 2.05) is 6.92 Å². The smallest absolute Gasteiger partial charge is 0.239 e. The van der Waals surface area contributed by atoms with Crippen molar-refractivity contribution in [2.75, 3.05) is 46.3 Å². The first-order chi connectivity index (χ1) is 11.1. The van der Waals surface area contributed by atoms with E-state index in [0.29, 0.717) is 19.1 Å². The van der Waals surface area contributed by atoms with Crippen LogP contribution in [0.3, 0.4) is 0 Å². The van der Waals surface area contributed by atoms with E-state index in [0.717, 1.165) is 38.3 Å². The zero-order chi connectivity index (χ0) is 16.7. The molecule has 1 aliphatic carbocycles. The molecule has 2 fully saturated rings. The number of hydrogen-bond donors (Lipinski definition) is 2. The van der Waals surface area contributed by atoms with Crippen molar-refractivity contribution in [1.29, 1.82) is 0 Å². The summed E-state index contributed by atoms with van der Waals surface area (Å²) >= 11 is 0. The van der Waals surface area contributed by atoms with Crippen molar-refractivity contribution in [3.63, 3.8) is 0 Å². The van der Waals surface area contributed by atoms with Gasteiger partial charge in [-0.05, 0) is 44.6 Å². The summed E-state index contributed by atoms with van der Waals surface area (Å²) in [6.07, 6.45) is 5.91. The normalized spacial score (nSPS) is 19.6. The maximum atomic E-state index is 12.2. The van der Waals surface area contributed by atoms with Gasteiger partial charge in [-0.25, -0.2) is 0 Å². The Morgan fingerprint density at radius 2 is 1.87 bits per heavy atom. The highest BCUT2D eigenvalue weighted by Crippen LogP contribution is 2.28. The minimum Gasteiger partial charge on any atom is -0.355 e. The number of rotatable bonds is 9. The second kappa shape index (κ2) is 9.23. The Balaban J connectivity index is 1.60. The predicted molar refractivity (Wildman–Crippen MR) is 91.1 cm³/mol. The van der Waals surface area contributed by atoms with E-state index < -0.39 is 0 Å². The van der Waals surface area contributed by atoms with Crippen molar-refractivity contribution in [2.24, 2.45) is 5.92 Å². The first-order valence-corrected chi connectivity index (χ1v) is 9.05. The number of carbonyl (C=O) groups is 2. The minimum absolute atomic E-state index is 0.0287. The molecule has 0 bridgehead atoms. The quantitative estimate of drug-likeness (QED) is 0.646. The fourth-order valence-corrected chi connectivity index (χ4v) is 2.89. The van der Waals surface area contributed by atoms with Crippen LogP contribution in [0.5, 0.6) is 0 Å². The second-order valence-corrected chi connectivity index (χ2v) is 7.00. The summed E-state index contributed by atoms with van der Waals surface area (Å²) in [6, 6.07) is 0.611. The van der Waals surface area contributed by atoms with Crippen LogP contribution in [0.25, 0.3) is 0 Å². The van der Waals surface area contributed by atoms with E-state index >= 15 is 0 Å². The van der Waals surface area contributed by atoms with Crippen molar-refractivity contribution in [1.82, 2.24) is 20.4 Å². The number of carbonyl (C=O) groups excluding carboxylic acids is 2. The summed E-state index contributed by atoms with van der Waals surface area (Å²) in [6.45, 7) is 6.35. The SMILES string of the molecule is CCCNC(=O)CN(C)C(=O)CN1CCC(NCC2CC2)CC1. The summed E-state index contributed by atoms with van der Waals surface area (Å²) in [7, 11) is 1.71. The molecule has 6 nitrogen and oxygen atoms in total. The first-order valence-electron chi connectivity index (χ1n) is 9.05. The molecular weight excluding hydrogens is 292 g/mol. The van der Waals surface area contributed by atoms with Gasteiger partial charge in [-0.3, -0.25) is 14.5 Å². The Bertz CT molecular complexity index is 390. The maximum absolute atomic E-state index is 12.2. The molecule has 2 rings (SSSR count). The fraction of sp³-hybridized carbons (Fsp3) is 0.882. The van der Waals surface area contributed by atoms with E-state index in [2.05, 4.69) is 15.5 Å². The summed E-state index contributed by atoms with van der Waals surface area (Å²) in [5, 5.41) is 6.45. The van der Waals surface area contributed by atoms with Crippen molar-refractivity contribution in [3.8, 4) is 0 Å². The molecule has 6 heteroatoms. The summed E-state index contributed by atoms with van der Waals surface area (Å²) in [4.78, 5) is 27.6. The molecule has 0 aromatic heterocycles. The van der Waals surface area contributed by atoms with E-state index in [-0.39, 0.29) is 18.4 Å². The highest BCUT2D eigenvalue weighted by molar-refractivity contribution is 5.85. The molecule has 0 radical (unpaired) electrons. The van der Waals surface area contributed by atoms with Crippen LogP contribution in [0.15, 0.2) is 0 Å². The molecule has 2 aliphatic rings. The average molecular weight is 324 g/mol. The van der Waals surface area contributed by atoms with Crippen molar-refractivity contribution in [3.05, 3.63) is 0 Å². The van der Waals surface area contributed by atoms with E-state index in [4.69, 9.17) is 0 Å². The number of piperidine rings is 1. The monoisotopic (exact) mass is 324 g/mol. The standard InChI is InChI=1S/C17H32N4O2/c1-3-8-18-16(22)12-20(2)17(23)13-21-9-6-15(7-10-21)19-11-14-4-5-14/h14-15,19H,3-13H2,1-2H3,(H,18,22). The number of likely N-dealkylation sites (N-methyl/N-ethyl adjacent to an activating group) is 1. The third-order valence-electron chi connectivity index (χ3n) is 4.72. The topological polar surface area (TPSA) is 64.7 Å². The largest absolute Gasteiger partial charge is 0.355 e. The van der Waals surface area contributed by atoms with Crippen LogP contribution in [0.4, 0.5) is 0 Å². The molecule has 1 saturated carbocycles. The van der Waals surface area contributed by atoms with E-state index in [1.54, 1.807) is 7.05 Å². The fourth-order valence-electron chi connectivity index (χ4n) is 2.89. The average Bonchev–Trinajstić information content (AvgIpc) is 3.36. The number of amides is 2. The van der Waals surface area contributed by atoms with Gasteiger partial charge < -0.3 is 15.5 Å². The highest BCUT2D eigenvalue weighted by Gasteiger charge is 2.25. The van der Waals surface area contributed by atoms with Gasteiger partial charge in [0.15, 0.2) is 0 Å². The zero-order valence-electron chi connectivity index (χ0n) is 14.6. The number of nitrogens with one attached hydrogen (secondary N) is 2. The number of hydrogen-bond acceptors (Lipinski definition) is 4. The lowest BCUT2D eigenvalue weighted by molar-refractivity contribution is -0.135. The third kappa shape index (κ3) is 6.87. The molecule has 1 aliphatic heterocycles. The lowest BCUT2D eigenvalue weighted by atomic mass is 10.0. The van der Waals surface area contributed by atoms with E-state index in [1.165, 1.54) is 24.3 Å². The lowest BCUT2D eigenvalue weighted by Crippen LogP contribution is -2.48. The number of nitrogens with zero attached hydrogens (tertiary/aromatic N) is 2. The molecule has 0 aromatic carbocycles. The van der Waals surface area contributed by atoms with Gasteiger partial charge in [-0.2, -0.15) is 0 Å². The van der Waals surface area contributed by atoms with E-state index in [9.17, 15) is 9.59 Å². The molecule has 0 unspecified atom stereocenters. The van der Waals surface area contributed by atoms with Gasteiger partial charge in [-0.1, -0.05) is 6.92 Å². The molecule has 1 saturated heterocycles. The van der Waals surface area contributed by atoms with Gasteiger partial charge >= 0.3 is 0 Å². The van der Waals surface area contributed by atoms with Gasteiger partial charge in [0.1, 0.15) is 0 Å². The van der Waals surface area contributed by atoms with Gasteiger partial charge in [0, 0.05) is 32.7 Å². The molecule has 1 heterocycles. The Morgan fingerprint density at radius 1 is 1.17 bits per heavy atom. The van der Waals surface area contributed by atoms with Crippen molar-refractivity contribution < 1.29 is 9.59 Å². The number of likely N-dealkylation sites (tertiary alicyclic amines) is 1. The summed E-state index contributed by atoms with van der Waals surface area (Å²) in [5.74, 6) is 0.869. The minimum atomic E-state index is -0.0781. The van der Waals surface area contributed by atoms with Crippen LogP contribution in [0.2, 0.25) is 0 Å². The molecular formula is C17H32N4O2. The van der Waals surface area contributed by atoms with Crippen molar-refractivity contribution in [2.45, 2.75) is 45.1 Å². The molecule has 132 valence electrons. The molecule has 0 atom stereocenters. The van der Waals surface area contributed by atoms with Crippen LogP contribution in [0, 0.1) is 5.92 Å². The Kier molecular flexibility index (Phi) is 7.30. The first kappa shape index (κ1) is 18.2. The molecule has 2 N–H and O–H groups in total. The Hall–Kier alpha value is -1.14.